The number of hydrogen-bond acceptors (Lipinski definition) is 4. The summed E-state index contributed by atoms with van der Waals surface area (Å²) in [6, 6.07) is 31.9. The molecule has 5 heteroatoms. The lowest BCUT2D eigenvalue weighted by molar-refractivity contribution is 0.619. The smallest absolute Gasteiger partial charge is 0.143 e. The summed E-state index contributed by atoms with van der Waals surface area (Å²) in [5, 5.41) is 6.66. The minimum atomic E-state index is 0.806. The third-order valence-corrected chi connectivity index (χ3v) is 7.61. The van der Waals surface area contributed by atoms with Crippen molar-refractivity contribution >= 4 is 38.3 Å². The highest BCUT2D eigenvalue weighted by molar-refractivity contribution is 6.19. The Bertz CT molecular complexity index is 2110. The van der Waals surface area contributed by atoms with Gasteiger partial charge in [0.2, 0.25) is 0 Å². The van der Waals surface area contributed by atoms with Crippen molar-refractivity contribution < 1.29 is 4.42 Å². The number of furan rings is 1. The lowest BCUT2D eigenvalue weighted by Crippen LogP contribution is -2.08. The van der Waals surface area contributed by atoms with Crippen LogP contribution in [-0.2, 0) is 0 Å². The van der Waals surface area contributed by atoms with E-state index < -0.39 is 0 Å². The molecule has 1 aliphatic heterocycles. The van der Waals surface area contributed by atoms with Gasteiger partial charge in [-0.2, -0.15) is 0 Å². The Labute approximate surface area is 230 Å². The third-order valence-electron chi connectivity index (χ3n) is 7.61. The van der Waals surface area contributed by atoms with E-state index in [1.54, 1.807) is 6.26 Å². The largest absolute Gasteiger partial charge is 0.464 e. The molecule has 7 aromatic rings. The molecular weight excluding hydrogens is 492 g/mol. The van der Waals surface area contributed by atoms with Gasteiger partial charge in [0, 0.05) is 46.5 Å². The quantitative estimate of drug-likeness (QED) is 0.256. The molecule has 0 saturated carbocycles. The van der Waals surface area contributed by atoms with Crippen LogP contribution in [0.15, 0.2) is 132 Å². The number of rotatable bonds is 4. The molecule has 0 bridgehead atoms. The van der Waals surface area contributed by atoms with Gasteiger partial charge in [-0.25, -0.2) is 4.98 Å². The van der Waals surface area contributed by atoms with Crippen LogP contribution in [0.1, 0.15) is 5.56 Å². The van der Waals surface area contributed by atoms with E-state index in [1.165, 1.54) is 11.0 Å². The van der Waals surface area contributed by atoms with Crippen LogP contribution in [0.2, 0.25) is 0 Å². The first-order valence-corrected chi connectivity index (χ1v) is 13.4. The van der Waals surface area contributed by atoms with Gasteiger partial charge in [-0.1, -0.05) is 36.4 Å². The van der Waals surface area contributed by atoms with Gasteiger partial charge in [0.1, 0.15) is 5.58 Å². The summed E-state index contributed by atoms with van der Waals surface area (Å²) in [5.74, 6) is 0. The molecule has 0 spiro atoms. The predicted octanol–water partition coefficient (Wildman–Crippen LogP) is 8.15. The van der Waals surface area contributed by atoms with Gasteiger partial charge in [-0.3, -0.25) is 4.98 Å². The molecule has 5 heterocycles. The number of pyridine rings is 2. The second-order valence-corrected chi connectivity index (χ2v) is 9.96. The van der Waals surface area contributed by atoms with E-state index in [0.717, 1.165) is 67.7 Å². The summed E-state index contributed by atoms with van der Waals surface area (Å²) in [7, 11) is 0. The van der Waals surface area contributed by atoms with Crippen molar-refractivity contribution in [1.29, 1.82) is 0 Å². The number of hydrogen-bond donors (Lipinski definition) is 1. The van der Waals surface area contributed by atoms with Gasteiger partial charge in [-0.05, 0) is 84.1 Å². The number of para-hydroxylation sites is 1. The molecule has 0 saturated heterocycles. The van der Waals surface area contributed by atoms with Crippen LogP contribution in [0.4, 0.5) is 0 Å². The van der Waals surface area contributed by atoms with Crippen LogP contribution >= 0.6 is 0 Å². The molecule has 3 aromatic carbocycles. The van der Waals surface area contributed by atoms with Crippen molar-refractivity contribution in [3.63, 3.8) is 0 Å². The van der Waals surface area contributed by atoms with Crippen LogP contribution in [0.3, 0.4) is 0 Å². The van der Waals surface area contributed by atoms with Crippen molar-refractivity contribution in [3.05, 3.63) is 134 Å². The lowest BCUT2D eigenvalue weighted by Gasteiger charge is -2.14. The Kier molecular flexibility index (Phi) is 5.13. The van der Waals surface area contributed by atoms with E-state index in [1.807, 2.05) is 36.8 Å². The van der Waals surface area contributed by atoms with E-state index in [4.69, 9.17) is 9.40 Å². The molecular formula is C35H24N4O. The van der Waals surface area contributed by atoms with Gasteiger partial charge in [0.25, 0.3) is 0 Å². The molecule has 0 aliphatic carbocycles. The Balaban J connectivity index is 1.34. The zero-order valence-electron chi connectivity index (χ0n) is 21.6. The molecule has 4 aromatic heterocycles. The van der Waals surface area contributed by atoms with E-state index in [2.05, 4.69) is 99.8 Å². The predicted molar refractivity (Wildman–Crippen MR) is 162 cm³/mol. The molecule has 0 radical (unpaired) electrons. The number of benzene rings is 3. The molecule has 1 N–H and O–H groups in total. The SMILES string of the molecule is C1=CC(c2cc(-c3ccncc3)nc(-c3cccc(-n4c5ccccc5c5c6occc6ccc54)c3)c2)=CCN1. The summed E-state index contributed by atoms with van der Waals surface area (Å²) in [4.78, 5) is 9.33. The number of aromatic nitrogens is 3. The minimum Gasteiger partial charge on any atom is -0.464 e. The molecule has 8 rings (SSSR count). The molecule has 0 fully saturated rings. The first-order chi connectivity index (χ1) is 19.8. The average Bonchev–Trinajstić information content (AvgIpc) is 3.64. The monoisotopic (exact) mass is 516 g/mol. The summed E-state index contributed by atoms with van der Waals surface area (Å²) in [5.41, 5.74) is 10.5. The molecule has 40 heavy (non-hydrogen) atoms. The molecule has 0 amide bonds. The van der Waals surface area contributed by atoms with Crippen LogP contribution in [0, 0.1) is 0 Å². The van der Waals surface area contributed by atoms with Crippen molar-refractivity contribution in [2.24, 2.45) is 0 Å². The molecule has 5 nitrogen and oxygen atoms in total. The Morgan fingerprint density at radius 2 is 1.62 bits per heavy atom. The van der Waals surface area contributed by atoms with Crippen LogP contribution in [0.5, 0.6) is 0 Å². The van der Waals surface area contributed by atoms with Gasteiger partial charge in [0.15, 0.2) is 0 Å². The zero-order chi connectivity index (χ0) is 26.5. The number of dihydropyridines is 1. The Morgan fingerprint density at radius 3 is 2.50 bits per heavy atom. The van der Waals surface area contributed by atoms with Gasteiger partial charge in [-0.15, -0.1) is 0 Å². The van der Waals surface area contributed by atoms with Gasteiger partial charge in [0.05, 0.1) is 34.1 Å². The number of allylic oxidation sites excluding steroid dienone is 2. The topological polar surface area (TPSA) is 55.9 Å². The standard InChI is InChI=1S/C35H24N4O/c1-2-7-32-29(6-1)34-33(9-8-25-14-19-40-35(25)34)39(32)28-5-3-4-26(20-28)31-22-27(23-10-15-36-16-11-23)21-30(38-31)24-12-17-37-18-13-24/h1-15,17-22,36H,16H2. The van der Waals surface area contributed by atoms with Gasteiger partial charge >= 0.3 is 0 Å². The maximum absolute atomic E-state index is 5.96. The van der Waals surface area contributed by atoms with Crippen molar-refractivity contribution in [3.8, 4) is 28.2 Å². The van der Waals surface area contributed by atoms with E-state index in [9.17, 15) is 0 Å². The summed E-state index contributed by atoms with van der Waals surface area (Å²) in [6.45, 7) is 0.806. The fraction of sp³-hybridized carbons (Fsp3) is 0.0286. The normalized spacial score (nSPS) is 13.2. The fourth-order valence-electron chi connectivity index (χ4n) is 5.74. The lowest BCUT2D eigenvalue weighted by atomic mass is 9.99. The molecule has 190 valence electrons. The van der Waals surface area contributed by atoms with Crippen LogP contribution in [-0.4, -0.2) is 21.1 Å². The summed E-state index contributed by atoms with van der Waals surface area (Å²) in [6.07, 6.45) is 11.7. The number of nitrogens with zero attached hydrogens (tertiary/aromatic N) is 3. The van der Waals surface area contributed by atoms with E-state index in [0.29, 0.717) is 0 Å². The maximum atomic E-state index is 5.96. The second-order valence-electron chi connectivity index (χ2n) is 9.96. The number of nitrogens with one attached hydrogen (secondary N) is 1. The minimum absolute atomic E-state index is 0.806. The molecule has 0 unspecified atom stereocenters. The first-order valence-electron chi connectivity index (χ1n) is 13.4. The van der Waals surface area contributed by atoms with E-state index >= 15 is 0 Å². The second kappa shape index (κ2) is 9.10. The molecule has 0 atom stereocenters. The highest BCUT2D eigenvalue weighted by atomic mass is 16.3. The highest BCUT2D eigenvalue weighted by Crippen LogP contribution is 2.38. The summed E-state index contributed by atoms with van der Waals surface area (Å²) < 4.78 is 8.29. The third kappa shape index (κ3) is 3.63. The maximum Gasteiger partial charge on any atom is 0.143 e. The first kappa shape index (κ1) is 22.6. The Hall–Kier alpha value is -5.42. The fourth-order valence-corrected chi connectivity index (χ4v) is 5.74. The van der Waals surface area contributed by atoms with E-state index in [-0.39, 0.29) is 0 Å². The zero-order valence-corrected chi connectivity index (χ0v) is 21.6. The molecule has 1 aliphatic rings. The number of fused-ring (bicyclic) bond motifs is 5. The van der Waals surface area contributed by atoms with Crippen molar-refractivity contribution in [2.75, 3.05) is 6.54 Å². The van der Waals surface area contributed by atoms with Crippen LogP contribution in [0.25, 0.3) is 66.6 Å². The average molecular weight is 517 g/mol. The van der Waals surface area contributed by atoms with Crippen molar-refractivity contribution in [2.45, 2.75) is 0 Å². The van der Waals surface area contributed by atoms with Crippen molar-refractivity contribution in [1.82, 2.24) is 19.9 Å². The van der Waals surface area contributed by atoms with Crippen LogP contribution < -0.4 is 5.32 Å². The highest BCUT2D eigenvalue weighted by Gasteiger charge is 2.17. The Morgan fingerprint density at radius 1 is 0.750 bits per heavy atom. The summed E-state index contributed by atoms with van der Waals surface area (Å²) >= 11 is 0. The van der Waals surface area contributed by atoms with Gasteiger partial charge < -0.3 is 14.3 Å².